The second kappa shape index (κ2) is 20.8. The van der Waals surface area contributed by atoms with Crippen molar-refractivity contribution in [2.45, 2.75) is 110 Å². The normalized spacial score (nSPS) is 17.7. The summed E-state index contributed by atoms with van der Waals surface area (Å²) in [4.78, 5) is 50.2. The van der Waals surface area contributed by atoms with Gasteiger partial charge in [0.15, 0.2) is 23.6 Å². The van der Waals surface area contributed by atoms with Gasteiger partial charge in [0.2, 0.25) is 0 Å². The molecular formula is C41H53N8O10P. The lowest BCUT2D eigenvalue weighted by Gasteiger charge is -2.37. The number of nitriles is 1. The number of rotatable bonds is 19. The third-order valence-electron chi connectivity index (χ3n) is 9.57. The van der Waals surface area contributed by atoms with Gasteiger partial charge in [0.25, 0.3) is 20.1 Å². The van der Waals surface area contributed by atoms with E-state index in [1.54, 1.807) is 29.7 Å². The number of nitrogens with zero attached hydrogens (tertiary/aromatic N) is 7. The first-order valence-corrected chi connectivity index (χ1v) is 20.8. The van der Waals surface area contributed by atoms with Crippen LogP contribution in [-0.4, -0.2) is 91.9 Å². The van der Waals surface area contributed by atoms with Crippen LogP contribution in [0.5, 0.6) is 5.75 Å². The minimum Gasteiger partial charge on any atom is -0.484 e. The summed E-state index contributed by atoms with van der Waals surface area (Å²) in [6.07, 6.45) is 0.0192. The molecule has 3 heterocycles. The Morgan fingerprint density at radius 2 is 1.78 bits per heavy atom. The Balaban J connectivity index is 1.31. The van der Waals surface area contributed by atoms with Gasteiger partial charge in [0, 0.05) is 36.1 Å². The minimum atomic E-state index is -1.72. The molecule has 1 N–H and O–H groups in total. The molecule has 322 valence electrons. The van der Waals surface area contributed by atoms with Crippen LogP contribution in [0, 0.1) is 21.4 Å². The Morgan fingerprint density at radius 3 is 2.45 bits per heavy atom. The molecule has 1 saturated heterocycles. The number of anilines is 1. The average molecular weight is 849 g/mol. The van der Waals surface area contributed by atoms with Crippen LogP contribution in [0.1, 0.15) is 91.5 Å². The summed E-state index contributed by atoms with van der Waals surface area (Å²) in [6, 6.07) is 16.0. The van der Waals surface area contributed by atoms with Crippen LogP contribution in [0.4, 0.5) is 16.3 Å². The number of para-hydroxylation sites is 1. The molecule has 2 unspecified atom stereocenters. The van der Waals surface area contributed by atoms with Gasteiger partial charge in [-0.05, 0) is 50.8 Å². The standard InChI is InChI=1S/C41H53N8O10P/c1-26(2)48(27(3)4)60(57-19-11-18-42)59-33-20-36(58-34(33)22-56-40(51)55-21-28(5)31-12-9-10-13-32(31)49(52)53)47-25-45-37-38(43-24-44-39(37)47)46-35(50)23-54-30-16-14-29(15-17-30)41(6,7)8/h9-10,12-17,24-28,33-34,36H,11,19-23H2,1-8H3,(H,43,44,46,50)/t28?,33-,34+,36+,60?/m0/s1. The van der Waals surface area contributed by atoms with E-state index in [1.807, 2.05) is 52.0 Å². The van der Waals surface area contributed by atoms with Gasteiger partial charge in [0.1, 0.15) is 37.6 Å². The fraction of sp³-hybridized carbons (Fsp3) is 0.512. The van der Waals surface area contributed by atoms with Gasteiger partial charge in [-0.25, -0.2) is 24.4 Å². The van der Waals surface area contributed by atoms with Crippen molar-refractivity contribution in [2.75, 3.05) is 31.7 Å². The van der Waals surface area contributed by atoms with Gasteiger partial charge in [0.05, 0.1) is 36.5 Å². The smallest absolute Gasteiger partial charge is 0.484 e. The lowest BCUT2D eigenvalue weighted by molar-refractivity contribution is -0.385. The first kappa shape index (κ1) is 45.8. The number of nitrogens with one attached hydrogen (secondary N) is 1. The van der Waals surface area contributed by atoms with Crippen molar-refractivity contribution in [3.05, 3.63) is 82.4 Å². The van der Waals surface area contributed by atoms with E-state index in [0.29, 0.717) is 22.5 Å². The van der Waals surface area contributed by atoms with Crippen LogP contribution in [0.2, 0.25) is 0 Å². The Morgan fingerprint density at radius 1 is 1.07 bits per heavy atom. The van der Waals surface area contributed by atoms with Gasteiger partial charge in [-0.1, -0.05) is 58.0 Å². The van der Waals surface area contributed by atoms with Gasteiger partial charge in [-0.2, -0.15) is 5.26 Å². The maximum Gasteiger partial charge on any atom is 0.508 e. The Kier molecular flexibility index (Phi) is 15.9. The quantitative estimate of drug-likeness (QED) is 0.0311. The molecular weight excluding hydrogens is 795 g/mol. The summed E-state index contributed by atoms with van der Waals surface area (Å²) in [7, 11) is -1.72. The monoisotopic (exact) mass is 848 g/mol. The van der Waals surface area contributed by atoms with E-state index >= 15 is 0 Å². The molecule has 60 heavy (non-hydrogen) atoms. The summed E-state index contributed by atoms with van der Waals surface area (Å²) < 4.78 is 39.8. The fourth-order valence-corrected chi connectivity index (χ4v) is 8.37. The Labute approximate surface area is 350 Å². The van der Waals surface area contributed by atoms with E-state index in [4.69, 9.17) is 28.0 Å². The lowest BCUT2D eigenvalue weighted by Crippen LogP contribution is -2.37. The summed E-state index contributed by atoms with van der Waals surface area (Å²) in [5.41, 5.74) is 2.15. The zero-order chi connectivity index (χ0) is 43.6. The number of carbonyl (C=O) groups is 2. The largest absolute Gasteiger partial charge is 0.508 e. The van der Waals surface area contributed by atoms with E-state index in [2.05, 4.69) is 51.8 Å². The van der Waals surface area contributed by atoms with Crippen LogP contribution < -0.4 is 10.1 Å². The highest BCUT2D eigenvalue weighted by Gasteiger charge is 2.42. The molecule has 1 aliphatic heterocycles. The highest BCUT2D eigenvalue weighted by molar-refractivity contribution is 7.44. The molecule has 0 bridgehead atoms. The van der Waals surface area contributed by atoms with Crippen LogP contribution in [-0.2, 0) is 33.5 Å². The number of ether oxygens (including phenoxy) is 4. The molecule has 1 amide bonds. The van der Waals surface area contributed by atoms with E-state index in [1.165, 1.54) is 18.7 Å². The average Bonchev–Trinajstić information content (AvgIpc) is 3.82. The fourth-order valence-electron chi connectivity index (χ4n) is 6.61. The zero-order valence-corrected chi connectivity index (χ0v) is 36.0. The number of hydrogen-bond donors (Lipinski definition) is 1. The van der Waals surface area contributed by atoms with Crippen LogP contribution in [0.3, 0.4) is 0 Å². The maximum atomic E-state index is 13.0. The molecule has 2 aromatic carbocycles. The number of amides is 1. The maximum absolute atomic E-state index is 13.0. The van der Waals surface area contributed by atoms with E-state index in [-0.39, 0.29) is 68.3 Å². The molecule has 1 aliphatic rings. The first-order chi connectivity index (χ1) is 28.6. The van der Waals surface area contributed by atoms with Crippen molar-refractivity contribution in [3.8, 4) is 11.8 Å². The van der Waals surface area contributed by atoms with Gasteiger partial charge < -0.3 is 33.3 Å². The summed E-state index contributed by atoms with van der Waals surface area (Å²) >= 11 is 0. The van der Waals surface area contributed by atoms with Crippen molar-refractivity contribution >= 4 is 43.3 Å². The predicted molar refractivity (Wildman–Crippen MR) is 222 cm³/mol. The van der Waals surface area contributed by atoms with Crippen molar-refractivity contribution < 1.29 is 42.5 Å². The number of aromatic nitrogens is 4. The highest BCUT2D eigenvalue weighted by atomic mass is 31.2. The molecule has 5 rings (SSSR count). The summed E-state index contributed by atoms with van der Waals surface area (Å²) in [6.45, 7) is 15.6. The highest BCUT2D eigenvalue weighted by Crippen LogP contribution is 2.50. The zero-order valence-electron chi connectivity index (χ0n) is 35.1. The predicted octanol–water partition coefficient (Wildman–Crippen LogP) is 7.96. The second-order valence-electron chi connectivity index (χ2n) is 15.8. The molecule has 2 aromatic heterocycles. The number of fused-ring (bicyclic) bond motifs is 1. The Bertz CT molecular complexity index is 2110. The third-order valence-corrected chi connectivity index (χ3v) is 11.7. The number of carbonyl (C=O) groups excluding carboxylic acids is 2. The van der Waals surface area contributed by atoms with Gasteiger partial charge >= 0.3 is 6.16 Å². The van der Waals surface area contributed by atoms with Crippen LogP contribution in [0.15, 0.2) is 61.2 Å². The van der Waals surface area contributed by atoms with Gasteiger partial charge in [-0.15, -0.1) is 0 Å². The minimum absolute atomic E-state index is 0.0192. The molecule has 1 fully saturated rings. The van der Waals surface area contributed by atoms with Gasteiger partial charge in [-0.3, -0.25) is 19.5 Å². The Hall–Kier alpha value is -5.31. The number of nitro benzene ring substituents is 1. The number of nitro groups is 1. The third kappa shape index (κ3) is 11.9. The topological polar surface area (TPSA) is 215 Å². The molecule has 4 aromatic rings. The molecule has 0 spiro atoms. The van der Waals surface area contributed by atoms with Crippen LogP contribution >= 0.6 is 8.53 Å². The number of hydrogen-bond acceptors (Lipinski definition) is 15. The number of imidazole rings is 1. The van der Waals surface area contributed by atoms with Crippen molar-refractivity contribution in [1.82, 2.24) is 24.2 Å². The molecule has 0 radical (unpaired) electrons. The molecule has 19 heteroatoms. The number of benzene rings is 2. The summed E-state index contributed by atoms with van der Waals surface area (Å²) in [5, 5.41) is 23.5. The van der Waals surface area contributed by atoms with Crippen LogP contribution in [0.25, 0.3) is 11.2 Å². The molecule has 0 aliphatic carbocycles. The molecule has 18 nitrogen and oxygen atoms in total. The first-order valence-electron chi connectivity index (χ1n) is 19.7. The van der Waals surface area contributed by atoms with Crippen molar-refractivity contribution in [3.63, 3.8) is 0 Å². The summed E-state index contributed by atoms with van der Waals surface area (Å²) in [5.74, 6) is -0.203. The van der Waals surface area contributed by atoms with E-state index in [9.17, 15) is 25.0 Å². The second-order valence-corrected chi connectivity index (χ2v) is 17.2. The SMILES string of the molecule is CC(COC(=O)OC[C@H]1O[C@@H](n2cnc3c(NC(=O)COc4ccc(C(C)(C)C)cc4)ncnc32)C[C@@H]1OP(OCCC#N)N(C(C)C)C(C)C)c1ccccc1[N+](=O)[O-]. The van der Waals surface area contributed by atoms with Crippen molar-refractivity contribution in [2.24, 2.45) is 0 Å². The molecule has 5 atom stereocenters. The van der Waals surface area contributed by atoms with Crippen molar-refractivity contribution in [1.29, 1.82) is 5.26 Å². The molecule has 0 saturated carbocycles. The van der Waals surface area contributed by atoms with E-state index in [0.717, 1.165) is 5.56 Å². The van der Waals surface area contributed by atoms with E-state index < -0.39 is 49.9 Å². The lowest BCUT2D eigenvalue weighted by atomic mass is 9.87.